The standard InChI is InChI=1S/C27H38N6O4S/c1-17(2)28-25(34)23-12-18(3)24(19(4)29-23)26(35)32-14-22(15-32)31-9-6-21(7-10-31)33(27(36)30-37-5)13-20-8-11-38-16-20/h8,11-12,16-17,21-22H,6-7,9-10,13-15H2,1-5H3,(H,28,34)(H,30,36). The van der Waals surface area contributed by atoms with Crippen molar-refractivity contribution in [3.63, 3.8) is 0 Å². The number of piperidine rings is 1. The predicted octanol–water partition coefficient (Wildman–Crippen LogP) is 2.96. The Morgan fingerprint density at radius 1 is 1.21 bits per heavy atom. The molecule has 4 rings (SSSR count). The molecule has 2 aliphatic heterocycles. The third kappa shape index (κ3) is 6.33. The van der Waals surface area contributed by atoms with E-state index in [1.807, 2.05) is 42.0 Å². The molecule has 10 nitrogen and oxygen atoms in total. The fraction of sp³-hybridized carbons (Fsp3) is 0.556. The number of urea groups is 1. The van der Waals surface area contributed by atoms with Gasteiger partial charge in [0.25, 0.3) is 11.8 Å². The molecule has 2 fully saturated rings. The molecule has 11 heteroatoms. The summed E-state index contributed by atoms with van der Waals surface area (Å²) in [6.07, 6.45) is 1.74. The van der Waals surface area contributed by atoms with Crippen LogP contribution in [0.3, 0.4) is 0 Å². The number of carbonyl (C=O) groups excluding carboxylic acids is 3. The number of amides is 4. The third-order valence-corrected chi connectivity index (χ3v) is 7.98. The minimum Gasteiger partial charge on any atom is -0.349 e. The van der Waals surface area contributed by atoms with Crippen molar-refractivity contribution in [3.05, 3.63) is 51.0 Å². The number of hydrogen-bond donors (Lipinski definition) is 2. The van der Waals surface area contributed by atoms with E-state index in [2.05, 4.69) is 26.1 Å². The highest BCUT2D eigenvalue weighted by Gasteiger charge is 2.39. The van der Waals surface area contributed by atoms with Crippen LogP contribution >= 0.6 is 11.3 Å². The maximum atomic E-state index is 13.3. The Kier molecular flexibility index (Phi) is 9.01. The van der Waals surface area contributed by atoms with Gasteiger partial charge in [-0.2, -0.15) is 11.3 Å². The van der Waals surface area contributed by atoms with Gasteiger partial charge in [-0.15, -0.1) is 0 Å². The quantitative estimate of drug-likeness (QED) is 0.497. The van der Waals surface area contributed by atoms with Crippen LogP contribution in [0.25, 0.3) is 0 Å². The van der Waals surface area contributed by atoms with E-state index in [0.29, 0.717) is 42.6 Å². The zero-order valence-electron chi connectivity index (χ0n) is 22.8. The lowest BCUT2D eigenvalue weighted by Gasteiger charge is -2.48. The lowest BCUT2D eigenvalue weighted by molar-refractivity contribution is 0.00705. The molecule has 2 aromatic rings. The van der Waals surface area contributed by atoms with Crippen LogP contribution in [0, 0.1) is 13.8 Å². The number of pyridine rings is 1. The topological polar surface area (TPSA) is 107 Å². The Balaban J connectivity index is 1.32. The molecule has 206 valence electrons. The Labute approximate surface area is 228 Å². The summed E-state index contributed by atoms with van der Waals surface area (Å²) in [4.78, 5) is 53.8. The van der Waals surface area contributed by atoms with Crippen molar-refractivity contribution in [1.29, 1.82) is 0 Å². The molecular formula is C27H38N6O4S. The smallest absolute Gasteiger partial charge is 0.341 e. The van der Waals surface area contributed by atoms with Crippen LogP contribution in [-0.4, -0.2) is 88.9 Å². The van der Waals surface area contributed by atoms with Gasteiger partial charge in [-0.3, -0.25) is 19.3 Å². The average Bonchev–Trinajstić information content (AvgIpc) is 3.35. The van der Waals surface area contributed by atoms with Crippen molar-refractivity contribution < 1.29 is 19.2 Å². The number of likely N-dealkylation sites (tertiary alicyclic amines) is 2. The summed E-state index contributed by atoms with van der Waals surface area (Å²) in [6, 6.07) is 3.97. The van der Waals surface area contributed by atoms with E-state index < -0.39 is 0 Å². The second-order valence-electron chi connectivity index (χ2n) is 10.4. The summed E-state index contributed by atoms with van der Waals surface area (Å²) >= 11 is 1.62. The number of aromatic nitrogens is 1. The zero-order valence-corrected chi connectivity index (χ0v) is 23.6. The van der Waals surface area contributed by atoms with Gasteiger partial charge < -0.3 is 15.1 Å². The molecule has 38 heavy (non-hydrogen) atoms. The second kappa shape index (κ2) is 12.2. The van der Waals surface area contributed by atoms with E-state index in [9.17, 15) is 14.4 Å². The number of aryl methyl sites for hydroxylation is 2. The molecule has 4 heterocycles. The molecule has 0 aromatic carbocycles. The Morgan fingerprint density at radius 2 is 1.92 bits per heavy atom. The number of nitrogens with zero attached hydrogens (tertiary/aromatic N) is 4. The molecule has 2 aliphatic rings. The van der Waals surface area contributed by atoms with Gasteiger partial charge in [-0.1, -0.05) is 0 Å². The molecule has 0 bridgehead atoms. The number of hydroxylamine groups is 1. The van der Waals surface area contributed by atoms with Crippen LogP contribution in [0.4, 0.5) is 4.79 Å². The Hall–Kier alpha value is -3.02. The first kappa shape index (κ1) is 28.0. The molecule has 0 atom stereocenters. The van der Waals surface area contributed by atoms with Crippen molar-refractivity contribution in [2.75, 3.05) is 33.3 Å². The van der Waals surface area contributed by atoms with Gasteiger partial charge >= 0.3 is 6.03 Å². The molecule has 0 unspecified atom stereocenters. The first-order valence-corrected chi connectivity index (χ1v) is 14.0. The van der Waals surface area contributed by atoms with E-state index in [-0.39, 0.29) is 29.9 Å². The van der Waals surface area contributed by atoms with E-state index in [1.165, 1.54) is 7.11 Å². The highest BCUT2D eigenvalue weighted by atomic mass is 32.1. The summed E-state index contributed by atoms with van der Waals surface area (Å²) in [5.41, 5.74) is 5.85. The predicted molar refractivity (Wildman–Crippen MR) is 146 cm³/mol. The monoisotopic (exact) mass is 542 g/mol. The van der Waals surface area contributed by atoms with Gasteiger partial charge in [0.05, 0.1) is 18.4 Å². The van der Waals surface area contributed by atoms with E-state index >= 15 is 0 Å². The van der Waals surface area contributed by atoms with Crippen molar-refractivity contribution >= 4 is 29.2 Å². The molecular weight excluding hydrogens is 504 g/mol. The summed E-state index contributed by atoms with van der Waals surface area (Å²) < 4.78 is 0. The molecule has 2 N–H and O–H groups in total. The molecule has 0 radical (unpaired) electrons. The molecule has 2 aromatic heterocycles. The van der Waals surface area contributed by atoms with Gasteiger partial charge in [0.1, 0.15) is 5.69 Å². The lowest BCUT2D eigenvalue weighted by atomic mass is 9.97. The van der Waals surface area contributed by atoms with Crippen molar-refractivity contribution in [2.45, 2.75) is 65.2 Å². The summed E-state index contributed by atoms with van der Waals surface area (Å²) in [5, 5.41) is 6.93. The average molecular weight is 543 g/mol. The lowest BCUT2D eigenvalue weighted by Crippen LogP contribution is -2.63. The van der Waals surface area contributed by atoms with Gasteiger partial charge in [-0.25, -0.2) is 15.3 Å². The highest BCUT2D eigenvalue weighted by Crippen LogP contribution is 2.26. The molecule has 0 spiro atoms. The van der Waals surface area contributed by atoms with Crippen LogP contribution in [0.2, 0.25) is 0 Å². The van der Waals surface area contributed by atoms with Crippen LogP contribution in [-0.2, 0) is 11.4 Å². The number of hydrogen-bond acceptors (Lipinski definition) is 7. The molecule has 0 saturated carbocycles. The highest BCUT2D eigenvalue weighted by molar-refractivity contribution is 7.07. The maximum Gasteiger partial charge on any atom is 0.341 e. The van der Waals surface area contributed by atoms with Crippen LogP contribution < -0.4 is 10.8 Å². The summed E-state index contributed by atoms with van der Waals surface area (Å²) in [5.74, 6) is -0.265. The second-order valence-corrected chi connectivity index (χ2v) is 11.2. The fourth-order valence-corrected chi connectivity index (χ4v) is 5.93. The van der Waals surface area contributed by atoms with Crippen molar-refractivity contribution in [1.82, 2.24) is 30.5 Å². The zero-order chi connectivity index (χ0) is 27.4. The SMILES string of the molecule is CONC(=O)N(Cc1ccsc1)C1CCN(C2CN(C(=O)c3c(C)cc(C(=O)NC(C)C)nc3C)C2)CC1. The summed E-state index contributed by atoms with van der Waals surface area (Å²) in [6.45, 7) is 11.1. The molecule has 2 saturated heterocycles. The largest absolute Gasteiger partial charge is 0.349 e. The number of carbonyl (C=O) groups is 3. The van der Waals surface area contributed by atoms with Crippen molar-refractivity contribution in [2.24, 2.45) is 0 Å². The van der Waals surface area contributed by atoms with E-state index in [1.54, 1.807) is 24.3 Å². The normalized spacial score (nSPS) is 16.8. The van der Waals surface area contributed by atoms with E-state index in [0.717, 1.165) is 37.1 Å². The first-order chi connectivity index (χ1) is 18.2. The minimum absolute atomic E-state index is 0.0147. The Morgan fingerprint density at radius 3 is 2.50 bits per heavy atom. The van der Waals surface area contributed by atoms with Crippen LogP contribution in [0.5, 0.6) is 0 Å². The minimum atomic E-state index is -0.230. The third-order valence-electron chi connectivity index (χ3n) is 7.25. The first-order valence-electron chi connectivity index (χ1n) is 13.1. The van der Waals surface area contributed by atoms with E-state index in [4.69, 9.17) is 4.84 Å². The van der Waals surface area contributed by atoms with Gasteiger partial charge in [0.15, 0.2) is 0 Å². The van der Waals surface area contributed by atoms with Crippen molar-refractivity contribution in [3.8, 4) is 0 Å². The van der Waals surface area contributed by atoms with Crippen LogP contribution in [0.15, 0.2) is 22.9 Å². The fourth-order valence-electron chi connectivity index (χ4n) is 5.27. The number of nitrogens with one attached hydrogen (secondary N) is 2. The Bertz CT molecular complexity index is 1120. The molecule has 4 amide bonds. The summed E-state index contributed by atoms with van der Waals surface area (Å²) in [7, 11) is 1.45. The van der Waals surface area contributed by atoms with Gasteiger partial charge in [0, 0.05) is 50.8 Å². The number of thiophene rings is 1. The number of rotatable bonds is 8. The van der Waals surface area contributed by atoms with Gasteiger partial charge in [0.2, 0.25) is 0 Å². The maximum absolute atomic E-state index is 13.3. The van der Waals surface area contributed by atoms with Gasteiger partial charge in [-0.05, 0) is 74.6 Å². The van der Waals surface area contributed by atoms with Crippen LogP contribution in [0.1, 0.15) is 64.4 Å². The molecule has 0 aliphatic carbocycles.